The molecule has 0 N–H and O–H groups in total. The second kappa shape index (κ2) is 10.0. The molecule has 1 saturated carbocycles. The quantitative estimate of drug-likeness (QED) is 0.532. The molecular formula is C27H31F3N2O3. The third-order valence-electron chi connectivity index (χ3n) is 7.37. The summed E-state index contributed by atoms with van der Waals surface area (Å²) in [6.07, 6.45) is -2.59. The summed E-state index contributed by atoms with van der Waals surface area (Å²) in [5, 5.41) is 0. The molecule has 2 fully saturated rings. The van der Waals surface area contributed by atoms with E-state index in [-0.39, 0.29) is 12.5 Å². The molecular weight excluding hydrogens is 457 g/mol. The zero-order valence-corrected chi connectivity index (χ0v) is 20.1. The van der Waals surface area contributed by atoms with Crippen molar-refractivity contribution in [2.45, 2.75) is 43.8 Å². The Balaban J connectivity index is 1.63. The van der Waals surface area contributed by atoms with Crippen molar-refractivity contribution in [2.24, 2.45) is 5.41 Å². The lowest BCUT2D eigenvalue weighted by Crippen LogP contribution is -2.52. The van der Waals surface area contributed by atoms with E-state index in [1.54, 1.807) is 18.2 Å². The third-order valence-corrected chi connectivity index (χ3v) is 7.37. The Hall–Kier alpha value is -2.87. The van der Waals surface area contributed by atoms with E-state index in [4.69, 9.17) is 4.74 Å². The third kappa shape index (κ3) is 5.86. The maximum atomic E-state index is 13.7. The van der Waals surface area contributed by atoms with Gasteiger partial charge in [-0.1, -0.05) is 42.5 Å². The number of hydrogen-bond acceptors (Lipinski definition) is 4. The van der Waals surface area contributed by atoms with Crippen molar-refractivity contribution in [3.8, 4) is 0 Å². The molecule has 188 valence electrons. The zero-order chi connectivity index (χ0) is 25.2. The average molecular weight is 489 g/mol. The lowest BCUT2D eigenvalue weighted by Gasteiger charge is -2.44. The van der Waals surface area contributed by atoms with E-state index >= 15 is 0 Å². The lowest BCUT2D eigenvalue weighted by atomic mass is 9.73. The number of likely N-dealkylation sites (tertiary alicyclic amines) is 1. The van der Waals surface area contributed by atoms with E-state index in [2.05, 4.69) is 4.90 Å². The molecule has 0 spiro atoms. The molecule has 1 aliphatic heterocycles. The van der Waals surface area contributed by atoms with Gasteiger partial charge in [0.05, 0.1) is 12.7 Å². The topological polar surface area (TPSA) is 49.9 Å². The molecule has 8 heteroatoms. The normalized spacial score (nSPS) is 21.9. The predicted octanol–water partition coefficient (Wildman–Crippen LogP) is 4.67. The second-order valence-corrected chi connectivity index (χ2v) is 9.92. The van der Waals surface area contributed by atoms with Crippen LogP contribution in [0.5, 0.6) is 0 Å². The number of amides is 1. The van der Waals surface area contributed by atoms with Gasteiger partial charge in [-0.05, 0) is 74.5 Å². The lowest BCUT2D eigenvalue weighted by molar-refractivity contribution is -0.188. The van der Waals surface area contributed by atoms with Crippen LogP contribution < -0.4 is 0 Å². The van der Waals surface area contributed by atoms with E-state index in [0.717, 1.165) is 29.1 Å². The van der Waals surface area contributed by atoms with Crippen LogP contribution in [0.4, 0.5) is 13.2 Å². The van der Waals surface area contributed by atoms with Gasteiger partial charge in [0.25, 0.3) is 0 Å². The summed E-state index contributed by atoms with van der Waals surface area (Å²) in [6.45, 7) is 1.50. The first-order valence-corrected chi connectivity index (χ1v) is 11.9. The van der Waals surface area contributed by atoms with Gasteiger partial charge in [-0.15, -0.1) is 0 Å². The highest BCUT2D eigenvalue weighted by Crippen LogP contribution is 2.48. The van der Waals surface area contributed by atoms with Crippen molar-refractivity contribution >= 4 is 11.9 Å². The van der Waals surface area contributed by atoms with Gasteiger partial charge in [0.2, 0.25) is 0 Å². The molecule has 1 unspecified atom stereocenters. The summed E-state index contributed by atoms with van der Waals surface area (Å²) in [4.78, 5) is 27.9. The van der Waals surface area contributed by atoms with Crippen LogP contribution in [0, 0.1) is 5.41 Å². The number of esters is 1. The largest absolute Gasteiger partial charge is 0.471 e. The minimum absolute atomic E-state index is 0.0373. The fourth-order valence-electron chi connectivity index (χ4n) is 5.29. The summed E-state index contributed by atoms with van der Waals surface area (Å²) in [7, 11) is 3.31. The number of alkyl halides is 3. The van der Waals surface area contributed by atoms with Crippen LogP contribution in [0.2, 0.25) is 0 Å². The van der Waals surface area contributed by atoms with Crippen molar-refractivity contribution in [1.29, 1.82) is 0 Å². The Kier molecular flexibility index (Phi) is 7.22. The number of methoxy groups -OCH3 is 1. The molecule has 1 saturated heterocycles. The molecule has 1 heterocycles. The minimum atomic E-state index is -4.93. The van der Waals surface area contributed by atoms with Gasteiger partial charge in [0.1, 0.15) is 0 Å². The maximum absolute atomic E-state index is 13.7. The number of rotatable bonds is 7. The zero-order valence-electron chi connectivity index (χ0n) is 20.1. The first-order chi connectivity index (χ1) is 16.6. The molecule has 0 bridgehead atoms. The van der Waals surface area contributed by atoms with Crippen LogP contribution in [0.15, 0.2) is 54.6 Å². The SMILES string of the molecule is COC(=O)c1cccc(CC2(CN(C(=O)C(F)(F)F)[C@@H]3CC3c3ccccc3)CCN(C)CC2)c1. The molecule has 2 aromatic carbocycles. The van der Waals surface area contributed by atoms with Gasteiger partial charge in [-0.3, -0.25) is 4.79 Å². The van der Waals surface area contributed by atoms with Crippen molar-refractivity contribution in [3.63, 3.8) is 0 Å². The van der Waals surface area contributed by atoms with E-state index in [1.807, 2.05) is 43.4 Å². The summed E-state index contributed by atoms with van der Waals surface area (Å²) < 4.78 is 46.0. The molecule has 0 aromatic heterocycles. The second-order valence-electron chi connectivity index (χ2n) is 9.92. The van der Waals surface area contributed by atoms with Crippen LogP contribution in [-0.4, -0.2) is 67.7 Å². The van der Waals surface area contributed by atoms with Gasteiger partial charge in [-0.25, -0.2) is 4.79 Å². The molecule has 2 aromatic rings. The fraction of sp³-hybridized carbons (Fsp3) is 0.481. The van der Waals surface area contributed by atoms with Crippen LogP contribution >= 0.6 is 0 Å². The Labute approximate surface area is 203 Å². The molecule has 1 amide bonds. The molecule has 1 aliphatic carbocycles. The van der Waals surface area contributed by atoms with Crippen LogP contribution in [-0.2, 0) is 16.0 Å². The Morgan fingerprint density at radius 2 is 1.77 bits per heavy atom. The number of nitrogens with zero attached hydrogens (tertiary/aromatic N) is 2. The van der Waals surface area contributed by atoms with Crippen molar-refractivity contribution in [1.82, 2.24) is 9.80 Å². The molecule has 2 atom stereocenters. The smallest absolute Gasteiger partial charge is 0.465 e. The summed E-state index contributed by atoms with van der Waals surface area (Å²) in [6, 6.07) is 16.0. The van der Waals surface area contributed by atoms with Crippen molar-refractivity contribution in [3.05, 3.63) is 71.3 Å². The molecule has 0 radical (unpaired) electrons. The van der Waals surface area contributed by atoms with Gasteiger partial charge < -0.3 is 14.5 Å². The van der Waals surface area contributed by atoms with E-state index in [9.17, 15) is 22.8 Å². The number of ether oxygens (including phenoxy) is 1. The Morgan fingerprint density at radius 3 is 2.40 bits per heavy atom. The summed E-state index contributed by atoms with van der Waals surface area (Å²) in [5.41, 5.74) is 1.70. The fourth-order valence-corrected chi connectivity index (χ4v) is 5.29. The molecule has 2 aliphatic rings. The highest BCUT2D eigenvalue weighted by molar-refractivity contribution is 5.89. The van der Waals surface area contributed by atoms with Crippen molar-refractivity contribution in [2.75, 3.05) is 33.8 Å². The van der Waals surface area contributed by atoms with Crippen LogP contribution in [0.25, 0.3) is 0 Å². The first-order valence-electron chi connectivity index (χ1n) is 11.9. The van der Waals surface area contributed by atoms with Crippen LogP contribution in [0.1, 0.15) is 46.7 Å². The number of carbonyl (C=O) groups is 2. The molecule has 4 rings (SSSR count). The standard InChI is InChI=1S/C27H31F3N2O3/c1-31-13-11-26(12-14-31,17-19-7-6-10-21(15-19)24(33)35-2)18-32(25(34)27(28,29)30)23-16-22(23)20-8-4-3-5-9-20/h3-10,15,22-23H,11-14,16-18H2,1-2H3/t22?,23-/m1/s1. The highest BCUT2D eigenvalue weighted by atomic mass is 19.4. The van der Waals surface area contributed by atoms with E-state index in [0.29, 0.717) is 31.2 Å². The Morgan fingerprint density at radius 1 is 1.09 bits per heavy atom. The maximum Gasteiger partial charge on any atom is 0.471 e. The van der Waals surface area contributed by atoms with Gasteiger partial charge in [0, 0.05) is 18.5 Å². The van der Waals surface area contributed by atoms with E-state index in [1.165, 1.54) is 7.11 Å². The number of piperidine rings is 1. The van der Waals surface area contributed by atoms with E-state index < -0.39 is 29.5 Å². The molecule has 5 nitrogen and oxygen atoms in total. The number of carbonyl (C=O) groups excluding carboxylic acids is 2. The number of halogens is 3. The first kappa shape index (κ1) is 25.2. The van der Waals surface area contributed by atoms with Gasteiger partial charge in [0.15, 0.2) is 0 Å². The monoisotopic (exact) mass is 488 g/mol. The minimum Gasteiger partial charge on any atom is -0.465 e. The predicted molar refractivity (Wildman–Crippen MR) is 126 cm³/mol. The van der Waals surface area contributed by atoms with Gasteiger partial charge in [-0.2, -0.15) is 13.2 Å². The van der Waals surface area contributed by atoms with Crippen LogP contribution in [0.3, 0.4) is 0 Å². The molecule has 35 heavy (non-hydrogen) atoms. The number of benzene rings is 2. The van der Waals surface area contributed by atoms with Crippen molar-refractivity contribution < 1.29 is 27.5 Å². The number of hydrogen-bond donors (Lipinski definition) is 0. The average Bonchev–Trinajstić information content (AvgIpc) is 3.64. The summed E-state index contributed by atoms with van der Waals surface area (Å²) in [5.74, 6) is -2.31. The van der Waals surface area contributed by atoms with Gasteiger partial charge >= 0.3 is 18.1 Å². The summed E-state index contributed by atoms with van der Waals surface area (Å²) >= 11 is 0. The highest BCUT2D eigenvalue weighted by Gasteiger charge is 2.54. The Bertz CT molecular complexity index is 1050.